The normalized spacial score (nSPS) is 19.1. The molecule has 0 N–H and O–H groups in total. The van der Waals surface area contributed by atoms with Gasteiger partial charge in [0.25, 0.3) is 5.91 Å². The van der Waals surface area contributed by atoms with Crippen molar-refractivity contribution in [2.45, 2.75) is 19.8 Å². The maximum atomic E-state index is 13.1. The van der Waals surface area contributed by atoms with Crippen molar-refractivity contribution in [1.29, 1.82) is 0 Å². The first-order chi connectivity index (χ1) is 8.93. The molecule has 0 saturated carbocycles. The van der Waals surface area contributed by atoms with Crippen LogP contribution in [0.5, 0.6) is 0 Å². The van der Waals surface area contributed by atoms with Gasteiger partial charge in [0.2, 0.25) is 5.91 Å². The molecule has 1 aliphatic heterocycles. The number of carbonyl (C=O) groups is 2. The van der Waals surface area contributed by atoms with E-state index < -0.39 is 23.4 Å². The highest BCUT2D eigenvalue weighted by atomic mass is 19.2. The molecule has 1 aromatic carbocycles. The SMILES string of the molecule is CCC1CC(=O)N(C(=O)c2cc(F)c(F)c(F)c2)C1. The van der Waals surface area contributed by atoms with E-state index in [9.17, 15) is 22.8 Å². The zero-order chi connectivity index (χ0) is 14.2. The number of halogens is 3. The van der Waals surface area contributed by atoms with Crippen LogP contribution >= 0.6 is 0 Å². The van der Waals surface area contributed by atoms with Crippen LogP contribution in [0.1, 0.15) is 30.1 Å². The monoisotopic (exact) mass is 271 g/mol. The van der Waals surface area contributed by atoms with Gasteiger partial charge in [-0.2, -0.15) is 0 Å². The zero-order valence-electron chi connectivity index (χ0n) is 10.3. The molecule has 19 heavy (non-hydrogen) atoms. The van der Waals surface area contributed by atoms with Crippen molar-refractivity contribution >= 4 is 11.8 Å². The fourth-order valence-electron chi connectivity index (χ4n) is 2.09. The van der Waals surface area contributed by atoms with Crippen LogP contribution in [-0.2, 0) is 4.79 Å². The quantitative estimate of drug-likeness (QED) is 0.612. The zero-order valence-corrected chi connectivity index (χ0v) is 10.3. The third-order valence-corrected chi connectivity index (χ3v) is 3.26. The first-order valence-electron chi connectivity index (χ1n) is 5.93. The number of benzene rings is 1. The molecular formula is C13H12F3NO2. The van der Waals surface area contributed by atoms with Crippen LogP contribution in [0.4, 0.5) is 13.2 Å². The minimum absolute atomic E-state index is 0.0617. The van der Waals surface area contributed by atoms with E-state index >= 15 is 0 Å². The van der Waals surface area contributed by atoms with E-state index in [1.165, 1.54) is 0 Å². The van der Waals surface area contributed by atoms with Crippen molar-refractivity contribution in [3.8, 4) is 0 Å². The summed E-state index contributed by atoms with van der Waals surface area (Å²) in [4.78, 5) is 24.6. The number of likely N-dealkylation sites (tertiary alicyclic amines) is 1. The van der Waals surface area contributed by atoms with Crippen LogP contribution in [0, 0.1) is 23.4 Å². The summed E-state index contributed by atoms with van der Waals surface area (Å²) in [5, 5.41) is 0. The lowest BCUT2D eigenvalue weighted by molar-refractivity contribution is -0.125. The second-order valence-electron chi connectivity index (χ2n) is 4.54. The molecule has 1 fully saturated rings. The van der Waals surface area contributed by atoms with Crippen LogP contribution in [0.15, 0.2) is 12.1 Å². The number of nitrogens with zero attached hydrogens (tertiary/aromatic N) is 1. The van der Waals surface area contributed by atoms with Crippen molar-refractivity contribution in [1.82, 2.24) is 4.90 Å². The van der Waals surface area contributed by atoms with Crippen LogP contribution in [0.3, 0.4) is 0 Å². The van der Waals surface area contributed by atoms with Crippen LogP contribution in [-0.4, -0.2) is 23.3 Å². The summed E-state index contributed by atoms with van der Waals surface area (Å²) in [5.74, 6) is -5.62. The number of carbonyl (C=O) groups excluding carboxylic acids is 2. The number of amides is 2. The van der Waals surface area contributed by atoms with E-state index in [0.29, 0.717) is 12.1 Å². The molecule has 0 aromatic heterocycles. The highest BCUT2D eigenvalue weighted by molar-refractivity contribution is 6.05. The van der Waals surface area contributed by atoms with Gasteiger partial charge in [0.05, 0.1) is 0 Å². The Morgan fingerprint density at radius 1 is 1.32 bits per heavy atom. The van der Waals surface area contributed by atoms with Gasteiger partial charge in [0.1, 0.15) is 0 Å². The van der Waals surface area contributed by atoms with Crippen LogP contribution in [0.2, 0.25) is 0 Å². The van der Waals surface area contributed by atoms with E-state index in [2.05, 4.69) is 0 Å². The lowest BCUT2D eigenvalue weighted by atomic mass is 10.1. The molecule has 1 aromatic rings. The number of rotatable bonds is 2. The number of hydrogen-bond acceptors (Lipinski definition) is 2. The summed E-state index contributed by atoms with van der Waals surface area (Å²) >= 11 is 0. The molecule has 1 aliphatic rings. The highest BCUT2D eigenvalue weighted by Gasteiger charge is 2.33. The summed E-state index contributed by atoms with van der Waals surface area (Å²) in [6.45, 7) is 2.12. The van der Waals surface area contributed by atoms with Gasteiger partial charge >= 0.3 is 0 Å². The molecular weight excluding hydrogens is 259 g/mol. The molecule has 102 valence electrons. The minimum Gasteiger partial charge on any atom is -0.278 e. The van der Waals surface area contributed by atoms with Crippen molar-refractivity contribution in [3.05, 3.63) is 35.1 Å². The third kappa shape index (κ3) is 2.47. The Labute approximate surface area is 108 Å². The summed E-state index contributed by atoms with van der Waals surface area (Å²) in [7, 11) is 0. The smallest absolute Gasteiger partial charge is 0.260 e. The predicted octanol–water partition coefficient (Wildman–Crippen LogP) is 2.50. The maximum absolute atomic E-state index is 13.1. The summed E-state index contributed by atoms with van der Waals surface area (Å²) in [6.07, 6.45) is 0.982. The van der Waals surface area contributed by atoms with E-state index in [1.54, 1.807) is 0 Å². The Hall–Kier alpha value is -1.85. The van der Waals surface area contributed by atoms with Gasteiger partial charge in [0, 0.05) is 18.5 Å². The summed E-state index contributed by atoms with van der Waals surface area (Å²) < 4.78 is 38.9. The van der Waals surface area contributed by atoms with Gasteiger partial charge in [0.15, 0.2) is 17.5 Å². The summed E-state index contributed by atoms with van der Waals surface area (Å²) in [6, 6.07) is 1.21. The fraction of sp³-hybridized carbons (Fsp3) is 0.385. The van der Waals surface area contributed by atoms with Crippen molar-refractivity contribution < 1.29 is 22.8 Å². The lowest BCUT2D eigenvalue weighted by Gasteiger charge is -2.14. The van der Waals surface area contributed by atoms with E-state index in [-0.39, 0.29) is 30.4 Å². The van der Waals surface area contributed by atoms with Gasteiger partial charge < -0.3 is 0 Å². The van der Waals surface area contributed by atoms with Crippen molar-refractivity contribution in [2.24, 2.45) is 5.92 Å². The highest BCUT2D eigenvalue weighted by Crippen LogP contribution is 2.23. The van der Waals surface area contributed by atoms with Gasteiger partial charge in [-0.05, 0) is 18.1 Å². The molecule has 1 atom stereocenters. The Balaban J connectivity index is 2.28. The Kier molecular flexibility index (Phi) is 3.59. The van der Waals surface area contributed by atoms with Gasteiger partial charge in [-0.3, -0.25) is 14.5 Å². The van der Waals surface area contributed by atoms with Crippen LogP contribution in [0.25, 0.3) is 0 Å². The lowest BCUT2D eigenvalue weighted by Crippen LogP contribution is -2.32. The molecule has 1 heterocycles. The second kappa shape index (κ2) is 5.03. The maximum Gasteiger partial charge on any atom is 0.260 e. The first-order valence-corrected chi connectivity index (χ1v) is 5.93. The van der Waals surface area contributed by atoms with Gasteiger partial charge in [-0.25, -0.2) is 13.2 Å². The van der Waals surface area contributed by atoms with Gasteiger partial charge in [-0.1, -0.05) is 13.3 Å². The Bertz CT molecular complexity index is 522. The van der Waals surface area contributed by atoms with Crippen LogP contribution < -0.4 is 0 Å². The predicted molar refractivity (Wildman–Crippen MR) is 60.8 cm³/mol. The molecule has 3 nitrogen and oxygen atoms in total. The molecule has 0 spiro atoms. The largest absolute Gasteiger partial charge is 0.278 e. The second-order valence-corrected chi connectivity index (χ2v) is 4.54. The topological polar surface area (TPSA) is 37.4 Å². The first kappa shape index (κ1) is 13.6. The van der Waals surface area contributed by atoms with E-state index in [1.807, 2.05) is 6.92 Å². The number of imide groups is 1. The molecule has 6 heteroatoms. The minimum atomic E-state index is -1.63. The molecule has 2 amide bonds. The molecule has 2 rings (SSSR count). The summed E-state index contributed by atoms with van der Waals surface area (Å²) in [5.41, 5.74) is -0.360. The average molecular weight is 271 g/mol. The average Bonchev–Trinajstić information content (AvgIpc) is 2.75. The molecule has 0 bridgehead atoms. The van der Waals surface area contributed by atoms with E-state index in [0.717, 1.165) is 11.3 Å². The third-order valence-electron chi connectivity index (χ3n) is 3.26. The molecule has 0 radical (unpaired) electrons. The van der Waals surface area contributed by atoms with E-state index in [4.69, 9.17) is 0 Å². The van der Waals surface area contributed by atoms with Gasteiger partial charge in [-0.15, -0.1) is 0 Å². The van der Waals surface area contributed by atoms with Crippen molar-refractivity contribution in [2.75, 3.05) is 6.54 Å². The molecule has 0 aliphatic carbocycles. The molecule has 1 saturated heterocycles. The number of hydrogen-bond donors (Lipinski definition) is 0. The fourth-order valence-corrected chi connectivity index (χ4v) is 2.09. The Morgan fingerprint density at radius 3 is 2.37 bits per heavy atom. The van der Waals surface area contributed by atoms with Crippen molar-refractivity contribution in [3.63, 3.8) is 0 Å². The Morgan fingerprint density at radius 2 is 1.89 bits per heavy atom. The standard InChI is InChI=1S/C13H12F3NO2/c1-2-7-3-11(18)17(6-7)13(19)8-4-9(14)12(16)10(15)5-8/h4-5,7H,2-3,6H2,1H3. The molecule has 1 unspecified atom stereocenters.